The quantitative estimate of drug-likeness (QED) is 0.621. The molecule has 2 rings (SSSR count). The van der Waals surface area contributed by atoms with Gasteiger partial charge in [-0.25, -0.2) is 5.01 Å². The van der Waals surface area contributed by atoms with E-state index in [2.05, 4.69) is 15.6 Å². The molecule has 1 amide bonds. The van der Waals surface area contributed by atoms with Gasteiger partial charge in [-0.2, -0.15) is 0 Å². The molecule has 1 fully saturated rings. The van der Waals surface area contributed by atoms with Crippen molar-refractivity contribution in [2.45, 2.75) is 0 Å². The molecule has 1 aliphatic heterocycles. The highest BCUT2D eigenvalue weighted by molar-refractivity contribution is 5.95. The van der Waals surface area contributed by atoms with E-state index in [1.807, 2.05) is 12.1 Å². The number of rotatable bonds is 4. The summed E-state index contributed by atoms with van der Waals surface area (Å²) in [5, 5.41) is 15.5. The van der Waals surface area contributed by atoms with E-state index < -0.39 is 4.92 Å². The van der Waals surface area contributed by atoms with Crippen LogP contribution in [-0.4, -0.2) is 61.0 Å². The minimum absolute atomic E-state index is 0.0475. The Morgan fingerprint density at radius 1 is 1.29 bits per heavy atom. The normalized spacial score (nSPS) is 16.5. The van der Waals surface area contributed by atoms with E-state index in [4.69, 9.17) is 0 Å². The van der Waals surface area contributed by atoms with Gasteiger partial charge in [-0.05, 0) is 19.2 Å². The highest BCUT2D eigenvalue weighted by Gasteiger charge is 2.19. The molecule has 1 saturated heterocycles. The number of benzene rings is 1. The van der Waals surface area contributed by atoms with Gasteiger partial charge in [0.1, 0.15) is 5.69 Å². The van der Waals surface area contributed by atoms with Gasteiger partial charge in [0, 0.05) is 44.9 Å². The summed E-state index contributed by atoms with van der Waals surface area (Å²) in [6.07, 6.45) is 0. The van der Waals surface area contributed by atoms with Crippen LogP contribution in [0.2, 0.25) is 0 Å². The second-order valence-corrected chi connectivity index (χ2v) is 4.97. The SMILES string of the molecule is CNc1cc(C(=O)NN2CCN(C)CC2)ccc1[N+](=O)[O-]. The fourth-order valence-corrected chi connectivity index (χ4v) is 2.16. The molecular weight excluding hydrogens is 274 g/mol. The zero-order valence-electron chi connectivity index (χ0n) is 12.1. The number of carbonyl (C=O) groups excluding carboxylic acids is 1. The Labute approximate surface area is 122 Å². The average molecular weight is 293 g/mol. The number of hydrazine groups is 1. The van der Waals surface area contributed by atoms with E-state index in [1.54, 1.807) is 7.05 Å². The van der Waals surface area contributed by atoms with Gasteiger partial charge in [0.05, 0.1) is 4.92 Å². The first-order chi connectivity index (χ1) is 10.0. The van der Waals surface area contributed by atoms with Crippen molar-refractivity contribution in [2.24, 2.45) is 0 Å². The largest absolute Gasteiger partial charge is 0.383 e. The van der Waals surface area contributed by atoms with Crippen molar-refractivity contribution >= 4 is 17.3 Å². The van der Waals surface area contributed by atoms with Crippen LogP contribution in [0.25, 0.3) is 0 Å². The summed E-state index contributed by atoms with van der Waals surface area (Å²) in [6.45, 7) is 3.30. The number of carbonyl (C=O) groups is 1. The molecule has 0 aromatic heterocycles. The van der Waals surface area contributed by atoms with Crippen LogP contribution in [0.1, 0.15) is 10.4 Å². The van der Waals surface area contributed by atoms with Gasteiger partial charge in [-0.15, -0.1) is 0 Å². The molecule has 1 aromatic rings. The molecule has 0 aliphatic carbocycles. The van der Waals surface area contributed by atoms with Crippen LogP contribution in [0.3, 0.4) is 0 Å². The van der Waals surface area contributed by atoms with Crippen LogP contribution >= 0.6 is 0 Å². The maximum absolute atomic E-state index is 12.2. The van der Waals surface area contributed by atoms with E-state index in [9.17, 15) is 14.9 Å². The zero-order valence-corrected chi connectivity index (χ0v) is 12.1. The van der Waals surface area contributed by atoms with E-state index >= 15 is 0 Å². The molecule has 21 heavy (non-hydrogen) atoms. The summed E-state index contributed by atoms with van der Waals surface area (Å²) in [6, 6.07) is 4.29. The molecule has 1 aromatic carbocycles. The second kappa shape index (κ2) is 6.51. The minimum Gasteiger partial charge on any atom is -0.383 e. The van der Waals surface area contributed by atoms with Gasteiger partial charge in [0.25, 0.3) is 11.6 Å². The number of nitrogens with one attached hydrogen (secondary N) is 2. The van der Waals surface area contributed by atoms with Crippen LogP contribution in [0, 0.1) is 10.1 Å². The topological polar surface area (TPSA) is 90.8 Å². The summed E-state index contributed by atoms with van der Waals surface area (Å²) in [7, 11) is 3.62. The number of likely N-dealkylation sites (N-methyl/N-ethyl adjacent to an activating group) is 1. The zero-order chi connectivity index (χ0) is 15.4. The van der Waals surface area contributed by atoms with Crippen molar-refractivity contribution in [2.75, 3.05) is 45.6 Å². The second-order valence-electron chi connectivity index (χ2n) is 4.97. The predicted octanol–water partition coefficient (Wildman–Crippen LogP) is 0.529. The Bertz CT molecular complexity index is 541. The lowest BCUT2D eigenvalue weighted by Crippen LogP contribution is -2.52. The van der Waals surface area contributed by atoms with Crippen LogP contribution in [0.15, 0.2) is 18.2 Å². The third kappa shape index (κ3) is 3.67. The predicted molar refractivity (Wildman–Crippen MR) is 79.2 cm³/mol. The lowest BCUT2D eigenvalue weighted by Gasteiger charge is -2.32. The number of hydrogen-bond acceptors (Lipinski definition) is 6. The molecule has 0 unspecified atom stereocenters. The van der Waals surface area contributed by atoms with E-state index in [1.165, 1.54) is 18.2 Å². The van der Waals surface area contributed by atoms with Gasteiger partial charge < -0.3 is 10.2 Å². The highest BCUT2D eigenvalue weighted by atomic mass is 16.6. The van der Waals surface area contributed by atoms with Crippen molar-refractivity contribution in [1.82, 2.24) is 15.3 Å². The molecule has 2 N–H and O–H groups in total. The summed E-state index contributed by atoms with van der Waals surface area (Å²) in [5.74, 6) is -0.258. The van der Waals surface area contributed by atoms with Crippen molar-refractivity contribution in [3.8, 4) is 0 Å². The number of amides is 1. The van der Waals surface area contributed by atoms with E-state index in [0.717, 1.165) is 26.2 Å². The van der Waals surface area contributed by atoms with Gasteiger partial charge >= 0.3 is 0 Å². The molecule has 0 bridgehead atoms. The van der Waals surface area contributed by atoms with Gasteiger partial charge in [-0.1, -0.05) is 0 Å². The summed E-state index contributed by atoms with van der Waals surface area (Å²) >= 11 is 0. The van der Waals surface area contributed by atoms with Gasteiger partial charge in [0.15, 0.2) is 0 Å². The van der Waals surface area contributed by atoms with Crippen LogP contribution in [0.5, 0.6) is 0 Å². The van der Waals surface area contributed by atoms with Crippen molar-refractivity contribution < 1.29 is 9.72 Å². The summed E-state index contributed by atoms with van der Waals surface area (Å²) in [4.78, 5) is 24.8. The van der Waals surface area contributed by atoms with E-state index in [-0.39, 0.29) is 11.6 Å². The Kier molecular flexibility index (Phi) is 4.71. The lowest BCUT2D eigenvalue weighted by atomic mass is 10.1. The molecule has 1 heterocycles. The molecule has 0 atom stereocenters. The van der Waals surface area contributed by atoms with Gasteiger partial charge in [0.2, 0.25) is 0 Å². The van der Waals surface area contributed by atoms with Crippen molar-refractivity contribution in [1.29, 1.82) is 0 Å². The van der Waals surface area contributed by atoms with E-state index in [0.29, 0.717) is 11.3 Å². The number of nitro benzene ring substituents is 1. The smallest absolute Gasteiger partial charge is 0.292 e. The third-order valence-corrected chi connectivity index (χ3v) is 3.49. The monoisotopic (exact) mass is 293 g/mol. The number of anilines is 1. The Balaban J connectivity index is 2.07. The fourth-order valence-electron chi connectivity index (χ4n) is 2.16. The molecule has 8 heteroatoms. The molecule has 0 radical (unpaired) electrons. The average Bonchev–Trinajstić information content (AvgIpc) is 2.48. The first-order valence-electron chi connectivity index (χ1n) is 6.72. The Hall–Kier alpha value is -2.19. The maximum atomic E-state index is 12.2. The van der Waals surface area contributed by atoms with Crippen LogP contribution < -0.4 is 10.7 Å². The lowest BCUT2D eigenvalue weighted by molar-refractivity contribution is -0.383. The Morgan fingerprint density at radius 3 is 2.52 bits per heavy atom. The Morgan fingerprint density at radius 2 is 1.95 bits per heavy atom. The standard InChI is InChI=1S/C13H19N5O3/c1-14-11-9-10(3-4-12(11)18(20)21)13(19)15-17-7-5-16(2)6-8-17/h3-4,9,14H,5-8H2,1-2H3,(H,15,19). The molecule has 1 aliphatic rings. The molecule has 114 valence electrons. The number of nitrogens with zero attached hydrogens (tertiary/aromatic N) is 3. The van der Waals surface area contributed by atoms with Crippen LogP contribution in [-0.2, 0) is 0 Å². The first kappa shape index (κ1) is 15.2. The van der Waals surface area contributed by atoms with Crippen molar-refractivity contribution in [3.63, 3.8) is 0 Å². The first-order valence-corrected chi connectivity index (χ1v) is 6.72. The molecule has 8 nitrogen and oxygen atoms in total. The number of piperazine rings is 1. The molecule has 0 spiro atoms. The number of nitro groups is 1. The number of hydrogen-bond donors (Lipinski definition) is 2. The summed E-state index contributed by atoms with van der Waals surface area (Å²) in [5.41, 5.74) is 3.50. The molecule has 0 saturated carbocycles. The van der Waals surface area contributed by atoms with Crippen molar-refractivity contribution in [3.05, 3.63) is 33.9 Å². The minimum atomic E-state index is -0.478. The van der Waals surface area contributed by atoms with Gasteiger partial charge in [-0.3, -0.25) is 20.3 Å². The summed E-state index contributed by atoms with van der Waals surface area (Å²) < 4.78 is 0. The maximum Gasteiger partial charge on any atom is 0.292 e. The van der Waals surface area contributed by atoms with Crippen LogP contribution in [0.4, 0.5) is 11.4 Å². The molecular formula is C13H19N5O3. The fraction of sp³-hybridized carbons (Fsp3) is 0.462. The highest BCUT2D eigenvalue weighted by Crippen LogP contribution is 2.24. The third-order valence-electron chi connectivity index (χ3n) is 3.49.